The highest BCUT2D eigenvalue weighted by Crippen LogP contribution is 2.24. The van der Waals surface area contributed by atoms with Crippen LogP contribution in [0.25, 0.3) is 0 Å². The maximum absolute atomic E-state index is 12.9. The number of ether oxygens (including phenoxy) is 3. The van der Waals surface area contributed by atoms with Crippen molar-refractivity contribution < 1.29 is 18.6 Å². The standard InChI is InChI=1S/C14H19FO3/c1-16-14-8-7-12(13(9-15)18-14)17-10-11-5-3-2-4-6-11/h2-6,12-14H,7-10H2,1H3/t12-,13+,14-/m1/s1. The fraction of sp³-hybridized carbons (Fsp3) is 0.571. The maximum Gasteiger partial charge on any atom is 0.157 e. The van der Waals surface area contributed by atoms with E-state index in [4.69, 9.17) is 14.2 Å². The number of methoxy groups -OCH3 is 1. The molecule has 100 valence electrons. The zero-order valence-electron chi connectivity index (χ0n) is 10.5. The molecule has 1 aromatic carbocycles. The Kier molecular flexibility index (Phi) is 5.11. The average molecular weight is 254 g/mol. The average Bonchev–Trinajstić information content (AvgIpc) is 2.46. The first-order valence-electron chi connectivity index (χ1n) is 6.23. The lowest BCUT2D eigenvalue weighted by molar-refractivity contribution is -0.225. The monoisotopic (exact) mass is 254 g/mol. The topological polar surface area (TPSA) is 27.7 Å². The summed E-state index contributed by atoms with van der Waals surface area (Å²) in [6.07, 6.45) is 0.489. The summed E-state index contributed by atoms with van der Waals surface area (Å²) in [5.41, 5.74) is 1.09. The Morgan fingerprint density at radius 3 is 2.72 bits per heavy atom. The molecule has 1 aliphatic rings. The minimum Gasteiger partial charge on any atom is -0.371 e. The van der Waals surface area contributed by atoms with Gasteiger partial charge in [-0.15, -0.1) is 0 Å². The first-order chi connectivity index (χ1) is 8.83. The molecule has 0 bridgehead atoms. The van der Waals surface area contributed by atoms with Crippen LogP contribution in [0.1, 0.15) is 18.4 Å². The van der Waals surface area contributed by atoms with Gasteiger partial charge in [0, 0.05) is 13.5 Å². The van der Waals surface area contributed by atoms with Crippen LogP contribution in [0.15, 0.2) is 30.3 Å². The highest BCUT2D eigenvalue weighted by Gasteiger charge is 2.31. The molecule has 0 saturated carbocycles. The fourth-order valence-corrected chi connectivity index (χ4v) is 2.11. The molecule has 1 saturated heterocycles. The summed E-state index contributed by atoms with van der Waals surface area (Å²) in [6, 6.07) is 9.87. The van der Waals surface area contributed by atoms with E-state index >= 15 is 0 Å². The van der Waals surface area contributed by atoms with Gasteiger partial charge >= 0.3 is 0 Å². The smallest absolute Gasteiger partial charge is 0.157 e. The van der Waals surface area contributed by atoms with Crippen LogP contribution in [0.3, 0.4) is 0 Å². The van der Waals surface area contributed by atoms with Gasteiger partial charge in [0.1, 0.15) is 12.8 Å². The van der Waals surface area contributed by atoms with Crippen molar-refractivity contribution in [2.24, 2.45) is 0 Å². The molecule has 18 heavy (non-hydrogen) atoms. The van der Waals surface area contributed by atoms with E-state index in [-0.39, 0.29) is 12.4 Å². The summed E-state index contributed by atoms with van der Waals surface area (Å²) in [5.74, 6) is 0. The van der Waals surface area contributed by atoms with Gasteiger partial charge in [0.25, 0.3) is 0 Å². The lowest BCUT2D eigenvalue weighted by atomic mass is 10.1. The lowest BCUT2D eigenvalue weighted by Crippen LogP contribution is -2.42. The van der Waals surface area contributed by atoms with Gasteiger partial charge in [-0.25, -0.2) is 4.39 Å². The predicted octanol–water partition coefficient (Wildman–Crippen LogP) is 2.69. The summed E-state index contributed by atoms with van der Waals surface area (Å²) in [5, 5.41) is 0. The molecule has 0 N–H and O–H groups in total. The molecule has 0 aliphatic carbocycles. The van der Waals surface area contributed by atoms with Crippen molar-refractivity contribution in [2.75, 3.05) is 13.8 Å². The molecule has 0 unspecified atom stereocenters. The van der Waals surface area contributed by atoms with Crippen molar-refractivity contribution in [1.29, 1.82) is 0 Å². The van der Waals surface area contributed by atoms with Crippen molar-refractivity contribution in [2.45, 2.75) is 37.9 Å². The van der Waals surface area contributed by atoms with E-state index < -0.39 is 12.8 Å². The van der Waals surface area contributed by atoms with Crippen LogP contribution >= 0.6 is 0 Å². The van der Waals surface area contributed by atoms with Gasteiger partial charge in [-0.2, -0.15) is 0 Å². The molecule has 1 fully saturated rings. The van der Waals surface area contributed by atoms with Gasteiger partial charge in [-0.1, -0.05) is 30.3 Å². The molecule has 4 heteroatoms. The Bertz CT molecular complexity index is 344. The number of hydrogen-bond acceptors (Lipinski definition) is 3. The normalized spacial score (nSPS) is 28.2. The zero-order chi connectivity index (χ0) is 12.8. The van der Waals surface area contributed by atoms with Gasteiger partial charge in [0.05, 0.1) is 12.7 Å². The van der Waals surface area contributed by atoms with Crippen LogP contribution in [0.4, 0.5) is 4.39 Å². The third-order valence-corrected chi connectivity index (χ3v) is 3.15. The Balaban J connectivity index is 1.85. The molecule has 0 radical (unpaired) electrons. The lowest BCUT2D eigenvalue weighted by Gasteiger charge is -2.34. The second-order valence-corrected chi connectivity index (χ2v) is 4.41. The number of halogens is 1. The maximum atomic E-state index is 12.9. The van der Waals surface area contributed by atoms with Crippen molar-refractivity contribution in [3.8, 4) is 0 Å². The Hall–Kier alpha value is -0.970. The van der Waals surface area contributed by atoms with Crippen LogP contribution in [-0.4, -0.2) is 32.3 Å². The molecule has 0 amide bonds. The number of benzene rings is 1. The minimum atomic E-state index is -0.542. The van der Waals surface area contributed by atoms with Crippen molar-refractivity contribution in [3.05, 3.63) is 35.9 Å². The van der Waals surface area contributed by atoms with Gasteiger partial charge in [-0.3, -0.25) is 0 Å². The highest BCUT2D eigenvalue weighted by atomic mass is 19.1. The van der Waals surface area contributed by atoms with Crippen LogP contribution in [0.5, 0.6) is 0 Å². The van der Waals surface area contributed by atoms with Crippen molar-refractivity contribution in [3.63, 3.8) is 0 Å². The summed E-state index contributed by atoms with van der Waals surface area (Å²) in [4.78, 5) is 0. The summed E-state index contributed by atoms with van der Waals surface area (Å²) in [6.45, 7) is -0.0532. The second-order valence-electron chi connectivity index (χ2n) is 4.41. The molecular weight excluding hydrogens is 235 g/mol. The molecule has 3 atom stereocenters. The zero-order valence-corrected chi connectivity index (χ0v) is 10.5. The Morgan fingerprint density at radius 1 is 1.28 bits per heavy atom. The van der Waals surface area contributed by atoms with Gasteiger partial charge in [0.15, 0.2) is 6.29 Å². The first kappa shape index (κ1) is 13.5. The highest BCUT2D eigenvalue weighted by molar-refractivity contribution is 5.13. The molecule has 2 rings (SSSR count). The third-order valence-electron chi connectivity index (χ3n) is 3.15. The van der Waals surface area contributed by atoms with E-state index in [0.29, 0.717) is 6.61 Å². The summed E-state index contributed by atoms with van der Waals surface area (Å²) < 4.78 is 29.2. The number of alkyl halides is 1. The van der Waals surface area contributed by atoms with Gasteiger partial charge in [0.2, 0.25) is 0 Å². The quantitative estimate of drug-likeness (QED) is 0.808. The number of hydrogen-bond donors (Lipinski definition) is 0. The second kappa shape index (κ2) is 6.83. The van der Waals surface area contributed by atoms with Crippen molar-refractivity contribution >= 4 is 0 Å². The fourth-order valence-electron chi connectivity index (χ4n) is 2.11. The minimum absolute atomic E-state index is 0.193. The van der Waals surface area contributed by atoms with Crippen LogP contribution in [0.2, 0.25) is 0 Å². The molecule has 1 heterocycles. The molecular formula is C14H19FO3. The largest absolute Gasteiger partial charge is 0.371 e. The van der Waals surface area contributed by atoms with E-state index in [9.17, 15) is 4.39 Å². The SMILES string of the molecule is CO[C@H]1CC[C@@H](OCc2ccccc2)[C@H](CF)O1. The molecule has 0 aromatic heterocycles. The molecule has 1 aliphatic heterocycles. The van der Waals surface area contributed by atoms with Gasteiger partial charge < -0.3 is 14.2 Å². The Morgan fingerprint density at radius 2 is 2.06 bits per heavy atom. The third kappa shape index (κ3) is 3.51. The van der Waals surface area contributed by atoms with E-state index in [1.165, 1.54) is 0 Å². The first-order valence-corrected chi connectivity index (χ1v) is 6.23. The summed E-state index contributed by atoms with van der Waals surface area (Å²) >= 11 is 0. The molecule has 1 aromatic rings. The van der Waals surface area contributed by atoms with E-state index in [0.717, 1.165) is 18.4 Å². The van der Waals surface area contributed by atoms with E-state index in [1.807, 2.05) is 30.3 Å². The summed E-state index contributed by atoms with van der Waals surface area (Å²) in [7, 11) is 1.57. The predicted molar refractivity (Wildman–Crippen MR) is 65.9 cm³/mol. The molecule has 0 spiro atoms. The van der Waals surface area contributed by atoms with Crippen molar-refractivity contribution in [1.82, 2.24) is 0 Å². The van der Waals surface area contributed by atoms with Crippen LogP contribution in [-0.2, 0) is 20.8 Å². The van der Waals surface area contributed by atoms with E-state index in [1.54, 1.807) is 7.11 Å². The van der Waals surface area contributed by atoms with Gasteiger partial charge in [-0.05, 0) is 12.0 Å². The number of rotatable bonds is 5. The van der Waals surface area contributed by atoms with E-state index in [2.05, 4.69) is 0 Å². The van der Waals surface area contributed by atoms with Crippen LogP contribution in [0, 0.1) is 0 Å². The Labute approximate surface area is 107 Å². The van der Waals surface area contributed by atoms with Crippen LogP contribution < -0.4 is 0 Å². The molecule has 3 nitrogen and oxygen atoms in total.